The number of nitrogens with zero attached hydrogens (tertiary/aromatic N) is 3. The summed E-state index contributed by atoms with van der Waals surface area (Å²) >= 11 is 0. The molecule has 0 unspecified atom stereocenters. The number of anilines is 2. The van der Waals surface area contributed by atoms with E-state index < -0.39 is 0 Å². The average Bonchev–Trinajstić information content (AvgIpc) is 2.99. The van der Waals surface area contributed by atoms with E-state index in [0.29, 0.717) is 39.3 Å². The van der Waals surface area contributed by atoms with Crippen LogP contribution in [0, 0.1) is 0 Å². The molecule has 0 aliphatic carbocycles. The van der Waals surface area contributed by atoms with Crippen molar-refractivity contribution in [2.24, 2.45) is 0 Å². The van der Waals surface area contributed by atoms with Crippen molar-refractivity contribution in [3.8, 4) is 0 Å². The summed E-state index contributed by atoms with van der Waals surface area (Å²) in [6, 6.07) is 8.16. The Morgan fingerprint density at radius 1 is 0.929 bits per heavy atom. The van der Waals surface area contributed by atoms with Crippen LogP contribution in [0.5, 0.6) is 0 Å². The van der Waals surface area contributed by atoms with Crippen LogP contribution in [0.3, 0.4) is 0 Å². The molecule has 154 valence electrons. The van der Waals surface area contributed by atoms with E-state index in [1.807, 2.05) is 12.1 Å². The van der Waals surface area contributed by atoms with Crippen LogP contribution in [-0.2, 0) is 9.53 Å². The zero-order chi connectivity index (χ0) is 19.8. The second kappa shape index (κ2) is 10.3. The molecule has 28 heavy (non-hydrogen) atoms. The maximum Gasteiger partial charge on any atom is 0.409 e. The first kappa shape index (κ1) is 20.5. The van der Waals surface area contributed by atoms with Gasteiger partial charge in [0.1, 0.15) is 0 Å². The lowest BCUT2D eigenvalue weighted by Crippen LogP contribution is -2.50. The minimum Gasteiger partial charge on any atom is -0.450 e. The van der Waals surface area contributed by atoms with E-state index in [9.17, 15) is 9.59 Å². The van der Waals surface area contributed by atoms with Crippen LogP contribution in [0.1, 0.15) is 32.6 Å². The summed E-state index contributed by atoms with van der Waals surface area (Å²) in [6.07, 6.45) is 4.87. The third kappa shape index (κ3) is 5.86. The predicted molar refractivity (Wildman–Crippen MR) is 111 cm³/mol. The Bertz CT molecular complexity index is 634. The second-order valence-corrected chi connectivity index (χ2v) is 7.46. The predicted octanol–water partition coefficient (Wildman–Crippen LogP) is 2.78. The van der Waals surface area contributed by atoms with E-state index in [-0.39, 0.29) is 12.0 Å². The highest BCUT2D eigenvalue weighted by Gasteiger charge is 2.23. The molecule has 0 atom stereocenters. The van der Waals surface area contributed by atoms with Crippen molar-refractivity contribution in [1.82, 2.24) is 9.80 Å². The topological polar surface area (TPSA) is 65.1 Å². The number of piperazine rings is 1. The van der Waals surface area contributed by atoms with E-state index in [4.69, 9.17) is 4.74 Å². The van der Waals surface area contributed by atoms with Gasteiger partial charge in [-0.25, -0.2) is 4.79 Å². The normalized spacial score (nSPS) is 18.5. The van der Waals surface area contributed by atoms with Crippen LogP contribution < -0.4 is 10.2 Å². The third-order valence-electron chi connectivity index (χ3n) is 5.39. The van der Waals surface area contributed by atoms with Crippen LogP contribution in [0.2, 0.25) is 0 Å². The van der Waals surface area contributed by atoms with Gasteiger partial charge in [0.15, 0.2) is 0 Å². The third-order valence-corrected chi connectivity index (χ3v) is 5.39. The SMILES string of the molecule is CCOC(=O)N1CCN(CC(=O)Nc2ccc(N3CCCCCC3)cc2)CC1. The second-order valence-electron chi connectivity index (χ2n) is 7.46. The smallest absolute Gasteiger partial charge is 0.409 e. The average molecular weight is 389 g/mol. The molecule has 3 rings (SSSR count). The zero-order valence-electron chi connectivity index (χ0n) is 16.9. The minimum atomic E-state index is -0.268. The molecule has 1 N–H and O–H groups in total. The lowest BCUT2D eigenvalue weighted by atomic mass is 10.2. The molecule has 0 aromatic heterocycles. The van der Waals surface area contributed by atoms with Crippen LogP contribution in [0.4, 0.5) is 16.2 Å². The van der Waals surface area contributed by atoms with E-state index in [1.54, 1.807) is 11.8 Å². The Balaban J connectivity index is 1.43. The molecule has 2 aliphatic rings. The van der Waals surface area contributed by atoms with Crippen molar-refractivity contribution in [3.05, 3.63) is 24.3 Å². The Hall–Kier alpha value is -2.28. The largest absolute Gasteiger partial charge is 0.450 e. The lowest BCUT2D eigenvalue weighted by Gasteiger charge is -2.33. The number of rotatable bonds is 5. The van der Waals surface area contributed by atoms with Gasteiger partial charge in [0.2, 0.25) is 5.91 Å². The molecule has 0 saturated carbocycles. The van der Waals surface area contributed by atoms with Crippen molar-refractivity contribution in [3.63, 3.8) is 0 Å². The Morgan fingerprint density at radius 3 is 2.18 bits per heavy atom. The number of hydrogen-bond acceptors (Lipinski definition) is 5. The summed E-state index contributed by atoms with van der Waals surface area (Å²) in [5.41, 5.74) is 2.06. The fourth-order valence-electron chi connectivity index (χ4n) is 3.79. The van der Waals surface area contributed by atoms with E-state index in [0.717, 1.165) is 18.8 Å². The first-order valence-corrected chi connectivity index (χ1v) is 10.4. The number of nitrogens with one attached hydrogen (secondary N) is 1. The molecular weight excluding hydrogens is 356 g/mol. The summed E-state index contributed by atoms with van der Waals surface area (Å²) in [5.74, 6) is -0.0212. The van der Waals surface area contributed by atoms with E-state index in [2.05, 4.69) is 27.2 Å². The Morgan fingerprint density at radius 2 is 1.57 bits per heavy atom. The van der Waals surface area contributed by atoms with Gasteiger partial charge in [0, 0.05) is 50.6 Å². The van der Waals surface area contributed by atoms with Gasteiger partial charge >= 0.3 is 6.09 Å². The van der Waals surface area contributed by atoms with Crippen molar-refractivity contribution in [2.45, 2.75) is 32.6 Å². The lowest BCUT2D eigenvalue weighted by molar-refractivity contribution is -0.117. The standard InChI is InChI=1S/C21H32N4O3/c1-2-28-21(27)25-15-13-23(14-16-25)17-20(26)22-18-7-9-19(10-8-18)24-11-5-3-4-6-12-24/h7-10H,2-6,11-17H2,1H3,(H,22,26). The highest BCUT2D eigenvalue weighted by molar-refractivity contribution is 5.92. The van der Waals surface area contributed by atoms with E-state index >= 15 is 0 Å². The highest BCUT2D eigenvalue weighted by Crippen LogP contribution is 2.21. The van der Waals surface area contributed by atoms with Gasteiger partial charge in [0.05, 0.1) is 13.2 Å². The van der Waals surface area contributed by atoms with Crippen LogP contribution in [0.25, 0.3) is 0 Å². The zero-order valence-corrected chi connectivity index (χ0v) is 16.9. The fourth-order valence-corrected chi connectivity index (χ4v) is 3.79. The Labute approximate surface area is 167 Å². The van der Waals surface area contributed by atoms with Crippen LogP contribution in [-0.4, -0.2) is 74.2 Å². The first-order chi connectivity index (χ1) is 13.7. The van der Waals surface area contributed by atoms with Crippen LogP contribution >= 0.6 is 0 Å². The molecule has 1 aromatic rings. The van der Waals surface area contributed by atoms with Gasteiger partial charge in [0.25, 0.3) is 0 Å². The Kier molecular flexibility index (Phi) is 7.54. The summed E-state index contributed by atoms with van der Waals surface area (Å²) in [5, 5.41) is 2.98. The van der Waals surface area contributed by atoms with Gasteiger partial charge < -0.3 is 19.9 Å². The number of carbonyl (C=O) groups excluding carboxylic acids is 2. The van der Waals surface area contributed by atoms with Gasteiger partial charge in [-0.05, 0) is 44.0 Å². The maximum absolute atomic E-state index is 12.4. The number of amides is 2. The molecule has 1 aromatic carbocycles. The number of benzene rings is 1. The fraction of sp³-hybridized carbons (Fsp3) is 0.619. The summed E-state index contributed by atoms with van der Waals surface area (Å²) in [7, 11) is 0. The number of carbonyl (C=O) groups is 2. The summed E-state index contributed by atoms with van der Waals surface area (Å²) in [6.45, 7) is 7.31. The molecular formula is C21H32N4O3. The molecule has 0 radical (unpaired) electrons. The van der Waals surface area contributed by atoms with Gasteiger partial charge in [-0.15, -0.1) is 0 Å². The molecule has 2 heterocycles. The summed E-state index contributed by atoms with van der Waals surface area (Å²) < 4.78 is 5.02. The number of ether oxygens (including phenoxy) is 1. The van der Waals surface area contributed by atoms with Gasteiger partial charge in [-0.2, -0.15) is 0 Å². The first-order valence-electron chi connectivity index (χ1n) is 10.4. The maximum atomic E-state index is 12.4. The molecule has 7 nitrogen and oxygen atoms in total. The van der Waals surface area contributed by atoms with E-state index in [1.165, 1.54) is 31.4 Å². The molecule has 7 heteroatoms. The quantitative estimate of drug-likeness (QED) is 0.840. The van der Waals surface area contributed by atoms with Crippen LogP contribution in [0.15, 0.2) is 24.3 Å². The van der Waals surface area contributed by atoms with Gasteiger partial charge in [-0.1, -0.05) is 12.8 Å². The highest BCUT2D eigenvalue weighted by atomic mass is 16.6. The number of hydrogen-bond donors (Lipinski definition) is 1. The molecule has 2 amide bonds. The van der Waals surface area contributed by atoms with Gasteiger partial charge in [-0.3, -0.25) is 9.69 Å². The molecule has 0 bridgehead atoms. The van der Waals surface area contributed by atoms with Crippen molar-refractivity contribution >= 4 is 23.4 Å². The van der Waals surface area contributed by atoms with Crippen molar-refractivity contribution in [2.75, 3.05) is 62.6 Å². The molecule has 2 aliphatic heterocycles. The minimum absolute atomic E-state index is 0.0212. The molecule has 2 saturated heterocycles. The molecule has 2 fully saturated rings. The summed E-state index contributed by atoms with van der Waals surface area (Å²) in [4.78, 5) is 30.3. The monoisotopic (exact) mass is 388 g/mol. The van der Waals surface area contributed by atoms with Crippen molar-refractivity contribution < 1.29 is 14.3 Å². The van der Waals surface area contributed by atoms with Crippen molar-refractivity contribution in [1.29, 1.82) is 0 Å². The molecule has 0 spiro atoms.